The summed E-state index contributed by atoms with van der Waals surface area (Å²) in [4.78, 5) is 22.0. The molecule has 1 rings (SSSR count). The SMILES string of the molecule is C=CCNC(=O)NC1(C(=O)O)CCC1. The molecule has 0 aromatic carbocycles. The Kier molecular flexibility index (Phi) is 3.11. The summed E-state index contributed by atoms with van der Waals surface area (Å²) in [6.45, 7) is 3.77. The highest BCUT2D eigenvalue weighted by Gasteiger charge is 2.45. The van der Waals surface area contributed by atoms with Crippen molar-refractivity contribution in [2.24, 2.45) is 0 Å². The number of carbonyl (C=O) groups is 2. The number of hydrogen-bond donors (Lipinski definition) is 3. The predicted octanol–water partition coefficient (Wildman–Crippen LogP) is 0.479. The van der Waals surface area contributed by atoms with Crippen molar-refractivity contribution in [3.05, 3.63) is 12.7 Å². The van der Waals surface area contributed by atoms with Gasteiger partial charge in [-0.2, -0.15) is 0 Å². The van der Waals surface area contributed by atoms with Crippen LogP contribution >= 0.6 is 0 Å². The molecular weight excluding hydrogens is 184 g/mol. The zero-order chi connectivity index (χ0) is 10.6. The highest BCUT2D eigenvalue weighted by molar-refractivity contribution is 5.87. The minimum Gasteiger partial charge on any atom is -0.480 e. The molecule has 1 aliphatic carbocycles. The lowest BCUT2D eigenvalue weighted by Gasteiger charge is -2.38. The number of carbonyl (C=O) groups excluding carboxylic acids is 1. The van der Waals surface area contributed by atoms with Gasteiger partial charge in [0.25, 0.3) is 0 Å². The van der Waals surface area contributed by atoms with Crippen LogP contribution < -0.4 is 10.6 Å². The Morgan fingerprint density at radius 2 is 2.14 bits per heavy atom. The Balaban J connectivity index is 2.44. The van der Waals surface area contributed by atoms with Crippen molar-refractivity contribution < 1.29 is 14.7 Å². The minimum absolute atomic E-state index is 0.335. The number of amides is 2. The summed E-state index contributed by atoms with van der Waals surface area (Å²) in [5.74, 6) is -0.961. The third-order valence-corrected chi connectivity index (χ3v) is 2.38. The summed E-state index contributed by atoms with van der Waals surface area (Å²) in [5, 5.41) is 13.8. The van der Waals surface area contributed by atoms with Crippen molar-refractivity contribution in [2.45, 2.75) is 24.8 Å². The Morgan fingerprint density at radius 1 is 1.50 bits per heavy atom. The van der Waals surface area contributed by atoms with Crippen molar-refractivity contribution >= 4 is 12.0 Å². The lowest BCUT2D eigenvalue weighted by molar-refractivity contribution is -0.148. The lowest BCUT2D eigenvalue weighted by atomic mass is 9.77. The standard InChI is InChI=1S/C9H14N2O3/c1-2-6-10-8(14)11-9(7(12)13)4-3-5-9/h2H,1,3-6H2,(H,12,13)(H2,10,11,14). The van der Waals surface area contributed by atoms with Crippen molar-refractivity contribution in [1.29, 1.82) is 0 Å². The van der Waals surface area contributed by atoms with E-state index < -0.39 is 17.5 Å². The van der Waals surface area contributed by atoms with Crippen LogP contribution in [0.1, 0.15) is 19.3 Å². The van der Waals surface area contributed by atoms with Crippen LogP contribution in [0.25, 0.3) is 0 Å². The first-order valence-corrected chi connectivity index (χ1v) is 4.51. The topological polar surface area (TPSA) is 78.4 Å². The molecule has 14 heavy (non-hydrogen) atoms. The molecule has 3 N–H and O–H groups in total. The molecule has 0 unspecified atom stereocenters. The van der Waals surface area contributed by atoms with Crippen LogP contribution in [-0.4, -0.2) is 29.2 Å². The van der Waals surface area contributed by atoms with E-state index in [-0.39, 0.29) is 0 Å². The Bertz CT molecular complexity index is 259. The molecule has 5 heteroatoms. The van der Waals surface area contributed by atoms with Crippen LogP contribution in [0.4, 0.5) is 4.79 Å². The monoisotopic (exact) mass is 198 g/mol. The quantitative estimate of drug-likeness (QED) is 0.575. The number of urea groups is 1. The summed E-state index contributed by atoms with van der Waals surface area (Å²) in [6.07, 6.45) is 3.38. The van der Waals surface area contributed by atoms with E-state index in [1.165, 1.54) is 6.08 Å². The number of nitrogens with one attached hydrogen (secondary N) is 2. The molecule has 78 valence electrons. The Morgan fingerprint density at radius 3 is 2.50 bits per heavy atom. The van der Waals surface area contributed by atoms with Crippen LogP contribution in [-0.2, 0) is 4.79 Å². The van der Waals surface area contributed by atoms with Crippen LogP contribution in [0.2, 0.25) is 0 Å². The fourth-order valence-corrected chi connectivity index (χ4v) is 1.35. The van der Waals surface area contributed by atoms with E-state index in [9.17, 15) is 9.59 Å². The zero-order valence-corrected chi connectivity index (χ0v) is 7.88. The maximum atomic E-state index is 11.2. The number of carboxylic acid groups (broad SMARTS) is 1. The highest BCUT2D eigenvalue weighted by atomic mass is 16.4. The van der Waals surface area contributed by atoms with E-state index in [0.717, 1.165) is 6.42 Å². The van der Waals surface area contributed by atoms with Crippen LogP contribution in [0.5, 0.6) is 0 Å². The van der Waals surface area contributed by atoms with E-state index in [0.29, 0.717) is 19.4 Å². The maximum absolute atomic E-state index is 11.2. The Hall–Kier alpha value is -1.52. The lowest BCUT2D eigenvalue weighted by Crippen LogP contribution is -2.61. The van der Waals surface area contributed by atoms with Gasteiger partial charge in [-0.3, -0.25) is 0 Å². The highest BCUT2D eigenvalue weighted by Crippen LogP contribution is 2.31. The fourth-order valence-electron chi connectivity index (χ4n) is 1.35. The molecule has 5 nitrogen and oxygen atoms in total. The molecule has 1 saturated carbocycles. The molecule has 1 aliphatic rings. The van der Waals surface area contributed by atoms with Gasteiger partial charge in [-0.1, -0.05) is 6.08 Å². The largest absolute Gasteiger partial charge is 0.480 e. The third kappa shape index (κ3) is 2.04. The maximum Gasteiger partial charge on any atom is 0.329 e. The molecule has 0 aromatic heterocycles. The first-order chi connectivity index (χ1) is 6.60. The normalized spacial score (nSPS) is 17.7. The molecule has 0 spiro atoms. The Labute approximate surface area is 82.2 Å². The van der Waals surface area contributed by atoms with E-state index in [1.807, 2.05) is 0 Å². The van der Waals surface area contributed by atoms with Crippen LogP contribution in [0.3, 0.4) is 0 Å². The van der Waals surface area contributed by atoms with Crippen molar-refractivity contribution in [1.82, 2.24) is 10.6 Å². The smallest absolute Gasteiger partial charge is 0.329 e. The fraction of sp³-hybridized carbons (Fsp3) is 0.556. The first-order valence-electron chi connectivity index (χ1n) is 4.51. The average molecular weight is 198 g/mol. The van der Waals surface area contributed by atoms with Gasteiger partial charge < -0.3 is 15.7 Å². The van der Waals surface area contributed by atoms with Gasteiger partial charge in [-0.15, -0.1) is 6.58 Å². The molecule has 0 heterocycles. The summed E-state index contributed by atoms with van der Waals surface area (Å²) in [6, 6.07) is -0.452. The van der Waals surface area contributed by atoms with E-state index >= 15 is 0 Å². The number of hydrogen-bond acceptors (Lipinski definition) is 2. The van der Waals surface area contributed by atoms with Gasteiger partial charge in [-0.25, -0.2) is 9.59 Å². The molecule has 2 amide bonds. The molecule has 0 aromatic rings. The van der Waals surface area contributed by atoms with Crippen LogP contribution in [0.15, 0.2) is 12.7 Å². The second-order valence-corrected chi connectivity index (χ2v) is 3.36. The van der Waals surface area contributed by atoms with Gasteiger partial charge in [0.1, 0.15) is 5.54 Å². The molecule has 0 atom stereocenters. The van der Waals surface area contributed by atoms with Crippen molar-refractivity contribution in [2.75, 3.05) is 6.54 Å². The summed E-state index contributed by atoms with van der Waals surface area (Å²) in [7, 11) is 0. The van der Waals surface area contributed by atoms with Crippen molar-refractivity contribution in [3.63, 3.8) is 0 Å². The third-order valence-electron chi connectivity index (χ3n) is 2.38. The molecule has 1 fully saturated rings. The molecule has 0 saturated heterocycles. The van der Waals surface area contributed by atoms with Crippen LogP contribution in [0, 0.1) is 0 Å². The predicted molar refractivity (Wildman–Crippen MR) is 50.9 cm³/mol. The van der Waals surface area contributed by atoms with Crippen molar-refractivity contribution in [3.8, 4) is 0 Å². The minimum atomic E-state index is -1.04. The van der Waals surface area contributed by atoms with Gasteiger partial charge in [0.2, 0.25) is 0 Å². The molecule has 0 radical (unpaired) electrons. The van der Waals surface area contributed by atoms with E-state index in [2.05, 4.69) is 17.2 Å². The second kappa shape index (κ2) is 4.13. The number of rotatable bonds is 4. The summed E-state index contributed by atoms with van der Waals surface area (Å²) < 4.78 is 0. The van der Waals surface area contributed by atoms with Gasteiger partial charge in [-0.05, 0) is 19.3 Å². The zero-order valence-electron chi connectivity index (χ0n) is 7.88. The number of aliphatic carboxylic acids is 1. The average Bonchev–Trinajstić information content (AvgIpc) is 2.07. The van der Waals surface area contributed by atoms with Gasteiger partial charge in [0.15, 0.2) is 0 Å². The van der Waals surface area contributed by atoms with E-state index in [4.69, 9.17) is 5.11 Å². The van der Waals surface area contributed by atoms with Gasteiger partial charge >= 0.3 is 12.0 Å². The van der Waals surface area contributed by atoms with Gasteiger partial charge in [0, 0.05) is 6.54 Å². The molecule has 0 aliphatic heterocycles. The first kappa shape index (κ1) is 10.6. The molecular formula is C9H14N2O3. The molecule has 0 bridgehead atoms. The summed E-state index contributed by atoms with van der Waals surface area (Å²) >= 11 is 0. The number of carboxylic acids is 1. The summed E-state index contributed by atoms with van der Waals surface area (Å²) in [5.41, 5.74) is -1.04. The second-order valence-electron chi connectivity index (χ2n) is 3.36. The van der Waals surface area contributed by atoms with Gasteiger partial charge in [0.05, 0.1) is 0 Å². The van der Waals surface area contributed by atoms with E-state index in [1.54, 1.807) is 0 Å².